The summed E-state index contributed by atoms with van der Waals surface area (Å²) < 4.78 is 5.46. The molecule has 0 aliphatic carbocycles. The first-order chi connectivity index (χ1) is 8.98. The maximum Gasteiger partial charge on any atom is 0.226 e. The number of aromatic nitrogens is 1. The van der Waals surface area contributed by atoms with Crippen molar-refractivity contribution in [1.82, 2.24) is 10.3 Å². The fourth-order valence-corrected chi connectivity index (χ4v) is 1.56. The van der Waals surface area contributed by atoms with E-state index in [0.717, 1.165) is 11.3 Å². The van der Waals surface area contributed by atoms with Gasteiger partial charge >= 0.3 is 0 Å². The van der Waals surface area contributed by atoms with Crippen molar-refractivity contribution in [2.75, 3.05) is 0 Å². The van der Waals surface area contributed by atoms with E-state index >= 15 is 0 Å². The molecule has 0 atom stereocenters. The summed E-state index contributed by atoms with van der Waals surface area (Å²) in [6, 6.07) is 9.28. The standard InChI is InChI=1S/C15H17N3O/c1-15(2,3)17-9-13-10-19-14(18-13)12-6-4-11(8-16)5-7-12/h4-7,10,17H,9H2,1-3H3. The monoisotopic (exact) mass is 255 g/mol. The van der Waals surface area contributed by atoms with E-state index in [2.05, 4.69) is 37.1 Å². The topological polar surface area (TPSA) is 61.9 Å². The Hall–Kier alpha value is -2.12. The second-order valence-electron chi connectivity index (χ2n) is 5.44. The molecule has 0 saturated heterocycles. The Labute approximate surface area is 113 Å². The average molecular weight is 255 g/mol. The molecule has 0 radical (unpaired) electrons. The SMILES string of the molecule is CC(C)(C)NCc1coc(-c2ccc(C#N)cc2)n1. The van der Waals surface area contributed by atoms with Crippen LogP contribution in [0.4, 0.5) is 0 Å². The lowest BCUT2D eigenvalue weighted by Crippen LogP contribution is -2.35. The van der Waals surface area contributed by atoms with Crippen LogP contribution in [0.1, 0.15) is 32.0 Å². The molecular weight excluding hydrogens is 238 g/mol. The molecular formula is C15H17N3O. The molecule has 1 aromatic heterocycles. The lowest BCUT2D eigenvalue weighted by atomic mass is 10.1. The molecule has 0 aliphatic heterocycles. The zero-order valence-electron chi connectivity index (χ0n) is 11.4. The first-order valence-corrected chi connectivity index (χ1v) is 6.18. The summed E-state index contributed by atoms with van der Waals surface area (Å²) >= 11 is 0. The highest BCUT2D eigenvalue weighted by Gasteiger charge is 2.11. The van der Waals surface area contributed by atoms with Crippen LogP contribution in [0.5, 0.6) is 0 Å². The Morgan fingerprint density at radius 3 is 2.53 bits per heavy atom. The van der Waals surface area contributed by atoms with Gasteiger partial charge in [-0.15, -0.1) is 0 Å². The van der Waals surface area contributed by atoms with Gasteiger partial charge in [0.2, 0.25) is 5.89 Å². The van der Waals surface area contributed by atoms with Gasteiger partial charge in [0.1, 0.15) is 6.26 Å². The smallest absolute Gasteiger partial charge is 0.226 e. The van der Waals surface area contributed by atoms with E-state index in [-0.39, 0.29) is 5.54 Å². The summed E-state index contributed by atoms with van der Waals surface area (Å²) in [5, 5.41) is 12.1. The third-order valence-corrected chi connectivity index (χ3v) is 2.61. The van der Waals surface area contributed by atoms with E-state index in [1.807, 2.05) is 12.1 Å². The Kier molecular flexibility index (Phi) is 3.68. The van der Waals surface area contributed by atoms with Gasteiger partial charge in [0, 0.05) is 17.6 Å². The van der Waals surface area contributed by atoms with Gasteiger partial charge in [-0.1, -0.05) is 0 Å². The van der Waals surface area contributed by atoms with Gasteiger partial charge in [0.05, 0.1) is 17.3 Å². The number of rotatable bonds is 3. The number of hydrogen-bond acceptors (Lipinski definition) is 4. The highest BCUT2D eigenvalue weighted by Crippen LogP contribution is 2.19. The number of benzene rings is 1. The van der Waals surface area contributed by atoms with Gasteiger partial charge in [0.15, 0.2) is 0 Å². The highest BCUT2D eigenvalue weighted by atomic mass is 16.3. The zero-order chi connectivity index (χ0) is 13.9. The molecule has 1 heterocycles. The first-order valence-electron chi connectivity index (χ1n) is 6.18. The summed E-state index contributed by atoms with van der Waals surface area (Å²) in [7, 11) is 0. The summed E-state index contributed by atoms with van der Waals surface area (Å²) in [4.78, 5) is 4.43. The van der Waals surface area contributed by atoms with Crippen molar-refractivity contribution < 1.29 is 4.42 Å². The number of nitrogens with zero attached hydrogens (tertiary/aromatic N) is 2. The molecule has 2 aromatic rings. The molecule has 0 unspecified atom stereocenters. The number of oxazole rings is 1. The molecule has 98 valence electrons. The second-order valence-corrected chi connectivity index (χ2v) is 5.44. The van der Waals surface area contributed by atoms with Crippen molar-refractivity contribution in [3.8, 4) is 17.5 Å². The van der Waals surface area contributed by atoms with Crippen molar-refractivity contribution in [2.45, 2.75) is 32.9 Å². The van der Waals surface area contributed by atoms with Crippen LogP contribution < -0.4 is 5.32 Å². The lowest BCUT2D eigenvalue weighted by Gasteiger charge is -2.19. The van der Waals surface area contributed by atoms with Crippen molar-refractivity contribution >= 4 is 0 Å². The normalized spacial score (nSPS) is 11.3. The van der Waals surface area contributed by atoms with Crippen molar-refractivity contribution in [2.24, 2.45) is 0 Å². The van der Waals surface area contributed by atoms with E-state index in [4.69, 9.17) is 9.68 Å². The van der Waals surface area contributed by atoms with Crippen LogP contribution in [0.15, 0.2) is 34.9 Å². The minimum absolute atomic E-state index is 0.0492. The van der Waals surface area contributed by atoms with Gasteiger partial charge in [-0.05, 0) is 45.0 Å². The van der Waals surface area contributed by atoms with E-state index in [0.29, 0.717) is 18.0 Å². The van der Waals surface area contributed by atoms with E-state index in [1.165, 1.54) is 0 Å². The third-order valence-electron chi connectivity index (χ3n) is 2.61. The molecule has 0 aliphatic rings. The number of nitrogens with one attached hydrogen (secondary N) is 1. The highest BCUT2D eigenvalue weighted by molar-refractivity contribution is 5.54. The first kappa shape index (κ1) is 13.3. The fraction of sp³-hybridized carbons (Fsp3) is 0.333. The molecule has 4 heteroatoms. The van der Waals surface area contributed by atoms with Gasteiger partial charge in [0.25, 0.3) is 0 Å². The number of hydrogen-bond donors (Lipinski definition) is 1. The molecule has 0 spiro atoms. The van der Waals surface area contributed by atoms with Crippen LogP contribution in [-0.2, 0) is 6.54 Å². The van der Waals surface area contributed by atoms with Gasteiger partial charge in [-0.3, -0.25) is 0 Å². The van der Waals surface area contributed by atoms with Crippen molar-refractivity contribution in [3.63, 3.8) is 0 Å². The quantitative estimate of drug-likeness (QED) is 0.915. The Morgan fingerprint density at radius 1 is 1.26 bits per heavy atom. The lowest BCUT2D eigenvalue weighted by molar-refractivity contribution is 0.421. The molecule has 19 heavy (non-hydrogen) atoms. The molecule has 0 fully saturated rings. The van der Waals surface area contributed by atoms with Crippen LogP contribution >= 0.6 is 0 Å². The second kappa shape index (κ2) is 5.25. The minimum atomic E-state index is 0.0492. The van der Waals surface area contributed by atoms with Gasteiger partial charge in [-0.25, -0.2) is 4.98 Å². The number of nitriles is 1. The van der Waals surface area contributed by atoms with Crippen LogP contribution in [0.2, 0.25) is 0 Å². The Bertz CT molecular complexity index is 585. The van der Waals surface area contributed by atoms with E-state index in [9.17, 15) is 0 Å². The third kappa shape index (κ3) is 3.67. The van der Waals surface area contributed by atoms with Crippen molar-refractivity contribution in [1.29, 1.82) is 5.26 Å². The van der Waals surface area contributed by atoms with Crippen LogP contribution in [0.3, 0.4) is 0 Å². The van der Waals surface area contributed by atoms with Crippen LogP contribution in [-0.4, -0.2) is 10.5 Å². The van der Waals surface area contributed by atoms with Gasteiger partial charge in [-0.2, -0.15) is 5.26 Å². The maximum absolute atomic E-state index is 8.75. The van der Waals surface area contributed by atoms with Crippen molar-refractivity contribution in [3.05, 3.63) is 41.8 Å². The zero-order valence-corrected chi connectivity index (χ0v) is 11.4. The summed E-state index contributed by atoms with van der Waals surface area (Å²) in [6.07, 6.45) is 1.66. The minimum Gasteiger partial charge on any atom is -0.444 e. The van der Waals surface area contributed by atoms with Crippen LogP contribution in [0, 0.1) is 11.3 Å². The average Bonchev–Trinajstić information content (AvgIpc) is 2.84. The van der Waals surface area contributed by atoms with E-state index in [1.54, 1.807) is 18.4 Å². The molecule has 1 N–H and O–H groups in total. The molecule has 2 rings (SSSR count). The predicted octanol–water partition coefficient (Wildman–Crippen LogP) is 3.10. The molecule has 0 saturated carbocycles. The maximum atomic E-state index is 8.75. The summed E-state index contributed by atoms with van der Waals surface area (Å²) in [5.41, 5.74) is 2.42. The van der Waals surface area contributed by atoms with Crippen LogP contribution in [0.25, 0.3) is 11.5 Å². The predicted molar refractivity (Wildman–Crippen MR) is 73.2 cm³/mol. The van der Waals surface area contributed by atoms with Gasteiger partial charge < -0.3 is 9.73 Å². The summed E-state index contributed by atoms with van der Waals surface area (Å²) in [5.74, 6) is 0.579. The molecule has 1 aromatic carbocycles. The molecule has 0 amide bonds. The molecule has 0 bridgehead atoms. The fourth-order valence-electron chi connectivity index (χ4n) is 1.56. The van der Waals surface area contributed by atoms with E-state index < -0.39 is 0 Å². The summed E-state index contributed by atoms with van der Waals surface area (Å²) in [6.45, 7) is 6.99. The largest absolute Gasteiger partial charge is 0.444 e. The Morgan fingerprint density at radius 2 is 1.95 bits per heavy atom. The Balaban J connectivity index is 2.10. The molecule has 4 nitrogen and oxygen atoms in total.